The fourth-order valence-electron chi connectivity index (χ4n) is 1.12. The lowest BCUT2D eigenvalue weighted by Gasteiger charge is -1.98. The molecule has 2 aromatic heterocycles. The predicted octanol–water partition coefficient (Wildman–Crippen LogP) is 1.81. The summed E-state index contributed by atoms with van der Waals surface area (Å²) in [5.41, 5.74) is 6.55. The largest absolute Gasteiger partial charge is 0.382 e. The molecule has 0 aliphatic rings. The van der Waals surface area contributed by atoms with E-state index in [-0.39, 0.29) is 0 Å². The topological polar surface area (TPSA) is 56.7 Å². The zero-order valence-corrected chi connectivity index (χ0v) is 8.36. The van der Waals surface area contributed by atoms with Crippen LogP contribution in [0.25, 0.3) is 5.82 Å². The first kappa shape index (κ1) is 9.02. The van der Waals surface area contributed by atoms with Crippen molar-refractivity contribution < 1.29 is 0 Å². The van der Waals surface area contributed by atoms with Crippen LogP contribution in [0.5, 0.6) is 0 Å². The molecule has 0 fully saturated rings. The van der Waals surface area contributed by atoms with Crippen molar-refractivity contribution in [2.75, 3.05) is 5.73 Å². The standard InChI is InChI=1S/C9H9ClN4/c1-6-5-14(13-9(6)11)8-4-2-3-7(10)12-8/h2-5H,1H3,(H2,11,13). The van der Waals surface area contributed by atoms with E-state index in [9.17, 15) is 0 Å². The number of anilines is 1. The Kier molecular flexibility index (Phi) is 2.13. The third-order valence-corrected chi connectivity index (χ3v) is 2.08. The van der Waals surface area contributed by atoms with Crippen LogP contribution in [0.4, 0.5) is 5.82 Å². The van der Waals surface area contributed by atoms with Crippen LogP contribution in [0.3, 0.4) is 0 Å². The number of aryl methyl sites for hydroxylation is 1. The second-order valence-electron chi connectivity index (χ2n) is 2.96. The van der Waals surface area contributed by atoms with Gasteiger partial charge >= 0.3 is 0 Å². The van der Waals surface area contributed by atoms with Gasteiger partial charge in [-0.1, -0.05) is 17.7 Å². The minimum absolute atomic E-state index is 0.439. The van der Waals surface area contributed by atoms with Gasteiger partial charge in [0.2, 0.25) is 0 Å². The highest BCUT2D eigenvalue weighted by Gasteiger charge is 2.03. The fourth-order valence-corrected chi connectivity index (χ4v) is 1.28. The lowest BCUT2D eigenvalue weighted by molar-refractivity contribution is 0.851. The van der Waals surface area contributed by atoms with Gasteiger partial charge in [0.05, 0.1) is 0 Å². The fraction of sp³-hybridized carbons (Fsp3) is 0.111. The highest BCUT2D eigenvalue weighted by molar-refractivity contribution is 6.29. The van der Waals surface area contributed by atoms with E-state index in [0.29, 0.717) is 16.8 Å². The number of halogens is 1. The molecule has 0 saturated carbocycles. The maximum atomic E-state index is 5.76. The van der Waals surface area contributed by atoms with Crippen molar-refractivity contribution in [2.24, 2.45) is 0 Å². The number of nitrogen functional groups attached to an aromatic ring is 1. The van der Waals surface area contributed by atoms with Crippen molar-refractivity contribution in [3.05, 3.63) is 35.1 Å². The molecule has 0 bridgehead atoms. The van der Waals surface area contributed by atoms with Crippen LogP contribution in [-0.2, 0) is 0 Å². The molecule has 0 aliphatic heterocycles. The van der Waals surface area contributed by atoms with Crippen LogP contribution in [0.2, 0.25) is 5.15 Å². The van der Waals surface area contributed by atoms with E-state index in [0.717, 1.165) is 5.56 Å². The Morgan fingerprint density at radius 2 is 2.21 bits per heavy atom. The van der Waals surface area contributed by atoms with Gasteiger partial charge in [-0.3, -0.25) is 0 Å². The van der Waals surface area contributed by atoms with E-state index >= 15 is 0 Å². The average Bonchev–Trinajstić information content (AvgIpc) is 2.47. The molecule has 4 nitrogen and oxygen atoms in total. The van der Waals surface area contributed by atoms with Gasteiger partial charge in [0, 0.05) is 11.8 Å². The zero-order chi connectivity index (χ0) is 10.1. The van der Waals surface area contributed by atoms with Crippen LogP contribution in [0, 0.1) is 6.92 Å². The summed E-state index contributed by atoms with van der Waals surface area (Å²) in [5.74, 6) is 1.17. The molecule has 14 heavy (non-hydrogen) atoms. The zero-order valence-electron chi connectivity index (χ0n) is 7.61. The van der Waals surface area contributed by atoms with Gasteiger partial charge in [-0.2, -0.15) is 0 Å². The SMILES string of the molecule is Cc1cn(-c2cccc(Cl)n2)nc1N. The quantitative estimate of drug-likeness (QED) is 0.728. The Hall–Kier alpha value is -1.55. The smallest absolute Gasteiger partial charge is 0.155 e. The average molecular weight is 209 g/mol. The second-order valence-corrected chi connectivity index (χ2v) is 3.35. The molecule has 0 aliphatic carbocycles. The van der Waals surface area contributed by atoms with Crippen molar-refractivity contribution >= 4 is 17.4 Å². The summed E-state index contributed by atoms with van der Waals surface area (Å²) in [6.45, 7) is 1.89. The van der Waals surface area contributed by atoms with Gasteiger partial charge in [-0.05, 0) is 19.1 Å². The number of rotatable bonds is 1. The summed E-state index contributed by atoms with van der Waals surface area (Å²) in [6.07, 6.45) is 1.81. The van der Waals surface area contributed by atoms with E-state index < -0.39 is 0 Å². The third kappa shape index (κ3) is 1.56. The summed E-state index contributed by atoms with van der Waals surface area (Å²) in [6, 6.07) is 5.35. The summed E-state index contributed by atoms with van der Waals surface area (Å²) in [7, 11) is 0. The molecule has 0 radical (unpaired) electrons. The predicted molar refractivity (Wildman–Crippen MR) is 55.5 cm³/mol. The monoisotopic (exact) mass is 208 g/mol. The maximum absolute atomic E-state index is 5.76. The first-order valence-corrected chi connectivity index (χ1v) is 4.49. The van der Waals surface area contributed by atoms with E-state index in [1.165, 1.54) is 0 Å². The first-order chi connectivity index (χ1) is 6.66. The van der Waals surface area contributed by atoms with Gasteiger partial charge in [-0.25, -0.2) is 9.67 Å². The van der Waals surface area contributed by atoms with E-state index in [1.54, 1.807) is 10.7 Å². The molecule has 0 unspecified atom stereocenters. The minimum atomic E-state index is 0.439. The second kappa shape index (κ2) is 3.31. The Labute approximate surface area is 86.3 Å². The maximum Gasteiger partial charge on any atom is 0.155 e. The molecule has 2 rings (SSSR count). The molecule has 0 atom stereocenters. The molecule has 0 spiro atoms. The first-order valence-electron chi connectivity index (χ1n) is 4.11. The molecule has 0 amide bonds. The molecular weight excluding hydrogens is 200 g/mol. The Morgan fingerprint density at radius 1 is 1.43 bits per heavy atom. The Morgan fingerprint density at radius 3 is 2.79 bits per heavy atom. The van der Waals surface area contributed by atoms with E-state index in [4.69, 9.17) is 17.3 Å². The number of aromatic nitrogens is 3. The lowest BCUT2D eigenvalue weighted by Crippen LogP contribution is -1.98. The van der Waals surface area contributed by atoms with Crippen LogP contribution in [0.15, 0.2) is 24.4 Å². The summed E-state index contributed by atoms with van der Waals surface area (Å²) in [4.78, 5) is 4.11. The van der Waals surface area contributed by atoms with Crippen LogP contribution >= 0.6 is 11.6 Å². The molecule has 2 N–H and O–H groups in total. The minimum Gasteiger partial charge on any atom is -0.382 e. The van der Waals surface area contributed by atoms with Crippen LogP contribution < -0.4 is 5.73 Å². The molecular formula is C9H9ClN4. The van der Waals surface area contributed by atoms with Crippen molar-refractivity contribution in [3.8, 4) is 5.82 Å². The molecule has 0 aromatic carbocycles. The summed E-state index contributed by atoms with van der Waals surface area (Å²) < 4.78 is 1.61. The van der Waals surface area contributed by atoms with E-state index in [1.807, 2.05) is 25.3 Å². The van der Waals surface area contributed by atoms with E-state index in [2.05, 4.69) is 10.1 Å². The summed E-state index contributed by atoms with van der Waals surface area (Å²) >= 11 is 5.76. The van der Waals surface area contributed by atoms with Gasteiger partial charge in [0.15, 0.2) is 5.82 Å². The Bertz CT molecular complexity index is 444. The molecule has 2 aromatic rings. The normalized spacial score (nSPS) is 10.4. The Balaban J connectivity index is 2.49. The van der Waals surface area contributed by atoms with Crippen molar-refractivity contribution in [1.82, 2.24) is 14.8 Å². The van der Waals surface area contributed by atoms with Crippen LogP contribution in [0.1, 0.15) is 5.56 Å². The van der Waals surface area contributed by atoms with Gasteiger partial charge < -0.3 is 5.73 Å². The van der Waals surface area contributed by atoms with Crippen molar-refractivity contribution in [2.45, 2.75) is 6.92 Å². The number of nitrogens with two attached hydrogens (primary N) is 1. The molecule has 2 heterocycles. The van der Waals surface area contributed by atoms with Crippen molar-refractivity contribution in [3.63, 3.8) is 0 Å². The highest BCUT2D eigenvalue weighted by atomic mass is 35.5. The van der Waals surface area contributed by atoms with Gasteiger partial charge in [-0.15, -0.1) is 5.10 Å². The number of nitrogens with zero attached hydrogens (tertiary/aromatic N) is 3. The third-order valence-electron chi connectivity index (χ3n) is 1.87. The number of hydrogen-bond donors (Lipinski definition) is 1. The molecule has 72 valence electrons. The van der Waals surface area contributed by atoms with Crippen molar-refractivity contribution in [1.29, 1.82) is 0 Å². The van der Waals surface area contributed by atoms with Crippen LogP contribution in [-0.4, -0.2) is 14.8 Å². The highest BCUT2D eigenvalue weighted by Crippen LogP contribution is 2.13. The summed E-state index contributed by atoms with van der Waals surface area (Å²) in [5, 5.41) is 4.53. The van der Waals surface area contributed by atoms with Gasteiger partial charge in [0.1, 0.15) is 11.0 Å². The molecule has 5 heteroatoms. The number of pyridine rings is 1. The number of hydrogen-bond acceptors (Lipinski definition) is 3. The molecule has 0 saturated heterocycles. The van der Waals surface area contributed by atoms with Gasteiger partial charge in [0.25, 0.3) is 0 Å². The lowest BCUT2D eigenvalue weighted by atomic mass is 10.4.